The smallest absolute Gasteiger partial charge is 0.0886 e. The quantitative estimate of drug-likeness (QED) is 0.663. The van der Waals surface area contributed by atoms with Crippen LogP contribution in [-0.2, 0) is 6.42 Å². The maximum absolute atomic E-state index is 4.52. The highest BCUT2D eigenvalue weighted by Crippen LogP contribution is 2.61. The molecule has 0 bridgehead atoms. The van der Waals surface area contributed by atoms with Gasteiger partial charge in [-0.05, 0) is 112 Å². The van der Waals surface area contributed by atoms with Crippen LogP contribution in [0.5, 0.6) is 0 Å². The van der Waals surface area contributed by atoms with Crippen LogP contribution >= 0.6 is 0 Å². The van der Waals surface area contributed by atoms with Crippen LogP contribution in [-0.4, -0.2) is 34.7 Å². The van der Waals surface area contributed by atoms with Gasteiger partial charge in [0.2, 0.25) is 0 Å². The fourth-order valence-electron chi connectivity index (χ4n) is 5.06. The van der Waals surface area contributed by atoms with E-state index in [4.69, 9.17) is 0 Å². The molecule has 0 radical (unpaired) electrons. The predicted octanol–water partition coefficient (Wildman–Crippen LogP) is 5.51. The molecule has 1 aromatic heterocycles. The molecule has 0 N–H and O–H groups in total. The van der Waals surface area contributed by atoms with Crippen LogP contribution in [0.15, 0.2) is 18.2 Å². The van der Waals surface area contributed by atoms with Crippen molar-refractivity contribution in [2.24, 2.45) is 16.7 Å². The Morgan fingerprint density at radius 2 is 1.96 bits per heavy atom. The van der Waals surface area contributed by atoms with Crippen molar-refractivity contribution in [1.29, 1.82) is 0 Å². The summed E-state index contributed by atoms with van der Waals surface area (Å²) in [6.07, 6.45) is 14.0. The van der Waals surface area contributed by atoms with E-state index in [1.165, 1.54) is 82.3 Å². The molecule has 0 amide bonds. The molecule has 2 heterocycles. The minimum absolute atomic E-state index is 0.460. The molecule has 1 spiro atoms. The van der Waals surface area contributed by atoms with E-state index in [0.29, 0.717) is 10.8 Å². The van der Waals surface area contributed by atoms with Gasteiger partial charge in [0.25, 0.3) is 0 Å². The number of aromatic nitrogens is 2. The monoisotopic (exact) mass is 367 g/mol. The molecule has 3 heteroatoms. The average molecular weight is 368 g/mol. The fraction of sp³-hybridized carbons (Fsp3) is 0.750. The largest absolute Gasteiger partial charge is 0.303 e. The van der Waals surface area contributed by atoms with E-state index in [2.05, 4.69) is 54.1 Å². The minimum atomic E-state index is 0.460. The zero-order chi connectivity index (χ0) is 18.9. The lowest BCUT2D eigenvalue weighted by molar-refractivity contribution is 0.145. The Balaban J connectivity index is 1.20. The Bertz CT molecular complexity index is 660. The van der Waals surface area contributed by atoms with E-state index >= 15 is 0 Å². The van der Waals surface area contributed by atoms with E-state index in [9.17, 15) is 0 Å². The van der Waals surface area contributed by atoms with Gasteiger partial charge in [-0.1, -0.05) is 26.8 Å². The molecule has 3 aliphatic rings. The Labute approximate surface area is 165 Å². The van der Waals surface area contributed by atoms with Crippen LogP contribution in [0.25, 0.3) is 5.57 Å². The zero-order valence-corrected chi connectivity index (χ0v) is 17.6. The summed E-state index contributed by atoms with van der Waals surface area (Å²) in [5.41, 5.74) is 4.82. The number of hydrogen-bond acceptors (Lipinski definition) is 3. The Kier molecular flexibility index (Phi) is 5.42. The highest BCUT2D eigenvalue weighted by molar-refractivity contribution is 5.63. The SMILES string of the molecule is CC(C)(C)CCN1CCC2(CC1)CC2CCc1ccc(C2=CCCC2)nn1. The number of rotatable bonds is 6. The van der Waals surface area contributed by atoms with Gasteiger partial charge in [-0.15, -0.1) is 0 Å². The summed E-state index contributed by atoms with van der Waals surface area (Å²) in [5.74, 6) is 0.932. The summed E-state index contributed by atoms with van der Waals surface area (Å²) < 4.78 is 0. The molecular formula is C24H37N3. The van der Waals surface area contributed by atoms with Gasteiger partial charge in [-0.2, -0.15) is 10.2 Å². The lowest BCUT2D eigenvalue weighted by Crippen LogP contribution is -2.37. The first-order valence-electron chi connectivity index (χ1n) is 11.2. The number of piperidine rings is 1. The molecule has 3 nitrogen and oxygen atoms in total. The van der Waals surface area contributed by atoms with Crippen molar-refractivity contribution in [3.05, 3.63) is 29.6 Å². The Morgan fingerprint density at radius 1 is 1.15 bits per heavy atom. The van der Waals surface area contributed by atoms with E-state index in [1.54, 1.807) is 0 Å². The Hall–Kier alpha value is -1.22. The summed E-state index contributed by atoms with van der Waals surface area (Å²) in [4.78, 5) is 2.70. The predicted molar refractivity (Wildman–Crippen MR) is 112 cm³/mol. The second kappa shape index (κ2) is 7.66. The highest BCUT2D eigenvalue weighted by atomic mass is 15.1. The van der Waals surface area contributed by atoms with Gasteiger partial charge in [-0.3, -0.25) is 0 Å². The number of likely N-dealkylation sites (tertiary alicyclic amines) is 1. The number of nitrogens with zero attached hydrogens (tertiary/aromatic N) is 3. The zero-order valence-electron chi connectivity index (χ0n) is 17.6. The molecule has 1 saturated carbocycles. The van der Waals surface area contributed by atoms with Crippen molar-refractivity contribution in [2.45, 2.75) is 78.6 Å². The molecule has 0 aromatic carbocycles. The second-order valence-corrected chi connectivity index (χ2v) is 10.5. The van der Waals surface area contributed by atoms with E-state index in [-0.39, 0.29) is 0 Å². The van der Waals surface area contributed by atoms with Gasteiger partial charge in [0.15, 0.2) is 0 Å². The summed E-state index contributed by atoms with van der Waals surface area (Å²) in [7, 11) is 0. The van der Waals surface area contributed by atoms with Crippen LogP contribution in [0.3, 0.4) is 0 Å². The van der Waals surface area contributed by atoms with Crippen LogP contribution in [0.2, 0.25) is 0 Å². The fourth-order valence-corrected chi connectivity index (χ4v) is 5.06. The molecule has 2 fully saturated rings. The maximum Gasteiger partial charge on any atom is 0.0886 e. The first-order valence-corrected chi connectivity index (χ1v) is 11.2. The molecule has 1 saturated heterocycles. The van der Waals surface area contributed by atoms with E-state index in [0.717, 1.165) is 18.0 Å². The van der Waals surface area contributed by atoms with Crippen LogP contribution < -0.4 is 0 Å². The third kappa shape index (κ3) is 4.80. The molecular weight excluding hydrogens is 330 g/mol. The molecule has 27 heavy (non-hydrogen) atoms. The molecule has 1 atom stereocenters. The van der Waals surface area contributed by atoms with Gasteiger partial charge in [-0.25, -0.2) is 0 Å². The second-order valence-electron chi connectivity index (χ2n) is 10.5. The third-order valence-corrected chi connectivity index (χ3v) is 7.23. The maximum atomic E-state index is 4.52. The van der Waals surface area contributed by atoms with Crippen LogP contribution in [0, 0.1) is 16.7 Å². The average Bonchev–Trinajstić information content (AvgIpc) is 3.06. The third-order valence-electron chi connectivity index (χ3n) is 7.23. The van der Waals surface area contributed by atoms with Crippen molar-refractivity contribution >= 4 is 5.57 Å². The summed E-state index contributed by atoms with van der Waals surface area (Å²) in [5, 5.41) is 9.01. The highest BCUT2D eigenvalue weighted by Gasteiger charge is 2.53. The molecule has 148 valence electrons. The molecule has 2 aliphatic carbocycles. The number of aryl methyl sites for hydroxylation is 1. The van der Waals surface area contributed by atoms with Crippen molar-refractivity contribution in [1.82, 2.24) is 15.1 Å². The van der Waals surface area contributed by atoms with E-state index < -0.39 is 0 Å². The number of hydrogen-bond donors (Lipinski definition) is 0. The summed E-state index contributed by atoms with van der Waals surface area (Å²) in [6.45, 7) is 11.0. The standard InChI is InChI=1S/C24H37N3/c1-23(2,3)12-15-27-16-13-24(14-17-27)18-20(24)8-9-21-10-11-22(26-25-21)19-6-4-5-7-19/h6,10-11,20H,4-5,7-9,12-18H2,1-3H3. The molecule has 1 aliphatic heterocycles. The van der Waals surface area contributed by atoms with Crippen molar-refractivity contribution in [2.75, 3.05) is 19.6 Å². The lowest BCUT2D eigenvalue weighted by Gasteiger charge is -2.34. The molecule has 4 rings (SSSR count). The first-order chi connectivity index (χ1) is 12.9. The van der Waals surface area contributed by atoms with Crippen LogP contribution in [0.1, 0.15) is 83.5 Å². The van der Waals surface area contributed by atoms with Gasteiger partial charge in [0.05, 0.1) is 11.4 Å². The van der Waals surface area contributed by atoms with Crippen molar-refractivity contribution in [3.63, 3.8) is 0 Å². The normalized spacial score (nSPS) is 25.0. The molecule has 1 unspecified atom stereocenters. The molecule has 1 aromatic rings. The first kappa shape index (κ1) is 19.1. The van der Waals surface area contributed by atoms with Crippen LogP contribution in [0.4, 0.5) is 0 Å². The van der Waals surface area contributed by atoms with Crippen molar-refractivity contribution in [3.8, 4) is 0 Å². The topological polar surface area (TPSA) is 29.0 Å². The Morgan fingerprint density at radius 3 is 2.59 bits per heavy atom. The van der Waals surface area contributed by atoms with Crippen molar-refractivity contribution < 1.29 is 0 Å². The van der Waals surface area contributed by atoms with Gasteiger partial charge in [0, 0.05) is 0 Å². The van der Waals surface area contributed by atoms with Gasteiger partial charge in [0.1, 0.15) is 0 Å². The minimum Gasteiger partial charge on any atom is -0.303 e. The van der Waals surface area contributed by atoms with Gasteiger partial charge >= 0.3 is 0 Å². The van der Waals surface area contributed by atoms with Gasteiger partial charge < -0.3 is 4.90 Å². The number of allylic oxidation sites excluding steroid dienone is 2. The summed E-state index contributed by atoms with van der Waals surface area (Å²) >= 11 is 0. The van der Waals surface area contributed by atoms with E-state index in [1.807, 2.05) is 0 Å². The summed E-state index contributed by atoms with van der Waals surface area (Å²) in [6, 6.07) is 4.40. The lowest BCUT2D eigenvalue weighted by atomic mass is 9.88.